The maximum Gasteiger partial charge on any atom is 0.282 e. The van der Waals surface area contributed by atoms with E-state index in [2.05, 4.69) is 52.7 Å². The van der Waals surface area contributed by atoms with Gasteiger partial charge in [-0.2, -0.15) is 0 Å². The van der Waals surface area contributed by atoms with Gasteiger partial charge < -0.3 is 15.1 Å². The number of piperazine rings is 1. The van der Waals surface area contributed by atoms with Crippen molar-refractivity contribution in [2.45, 2.75) is 13.0 Å². The molecule has 1 aliphatic heterocycles. The van der Waals surface area contributed by atoms with Crippen molar-refractivity contribution in [2.24, 2.45) is 0 Å². The molecule has 4 nitrogen and oxygen atoms in total. The molecule has 0 spiro atoms. The highest BCUT2D eigenvalue weighted by atomic mass is 16.2. The monoisotopic (exact) mass is 386 g/mol. The van der Waals surface area contributed by atoms with Crippen LogP contribution in [0.2, 0.25) is 0 Å². The highest BCUT2D eigenvalue weighted by molar-refractivity contribution is 5.97. The first-order chi connectivity index (χ1) is 14.2. The number of rotatable bonds is 5. The predicted octanol–water partition coefficient (Wildman–Crippen LogP) is 3.09. The lowest BCUT2D eigenvalue weighted by Crippen LogP contribution is -3.19. The van der Waals surface area contributed by atoms with Crippen LogP contribution in [-0.2, 0) is 4.79 Å². The molecule has 1 atom stereocenters. The SMILES string of the molecule is C[C@@H](C(=O)Nc1ccccc1-c1ccccc1)[NH+]1CCN(c2ccccc2)CC1. The molecule has 4 rings (SSSR count). The van der Waals surface area contributed by atoms with E-state index < -0.39 is 0 Å². The van der Waals surface area contributed by atoms with Gasteiger partial charge in [0.05, 0.1) is 26.2 Å². The third-order valence-electron chi connectivity index (χ3n) is 5.80. The van der Waals surface area contributed by atoms with Crippen LogP contribution in [-0.4, -0.2) is 38.1 Å². The quantitative estimate of drug-likeness (QED) is 0.707. The number of para-hydroxylation sites is 2. The molecule has 3 aromatic carbocycles. The van der Waals surface area contributed by atoms with Gasteiger partial charge in [0.1, 0.15) is 0 Å². The summed E-state index contributed by atoms with van der Waals surface area (Å²) < 4.78 is 0. The predicted molar refractivity (Wildman–Crippen MR) is 119 cm³/mol. The molecule has 1 amide bonds. The number of hydrogen-bond acceptors (Lipinski definition) is 2. The van der Waals surface area contributed by atoms with E-state index in [-0.39, 0.29) is 11.9 Å². The molecule has 0 bridgehead atoms. The van der Waals surface area contributed by atoms with Crippen LogP contribution in [0.4, 0.5) is 11.4 Å². The van der Waals surface area contributed by atoms with Gasteiger partial charge in [0.2, 0.25) is 0 Å². The fourth-order valence-corrected chi connectivity index (χ4v) is 4.01. The first-order valence-corrected chi connectivity index (χ1v) is 10.3. The molecule has 1 heterocycles. The van der Waals surface area contributed by atoms with Crippen LogP contribution in [0.5, 0.6) is 0 Å². The Bertz CT molecular complexity index is 935. The summed E-state index contributed by atoms with van der Waals surface area (Å²) in [7, 11) is 0. The van der Waals surface area contributed by atoms with Crippen LogP contribution in [0.1, 0.15) is 6.92 Å². The summed E-state index contributed by atoms with van der Waals surface area (Å²) in [6, 6.07) is 28.6. The summed E-state index contributed by atoms with van der Waals surface area (Å²) >= 11 is 0. The first kappa shape index (κ1) is 19.2. The van der Waals surface area contributed by atoms with Crippen LogP contribution in [0.25, 0.3) is 11.1 Å². The van der Waals surface area contributed by atoms with E-state index in [4.69, 9.17) is 0 Å². The average molecular weight is 387 g/mol. The van der Waals surface area contributed by atoms with Crippen molar-refractivity contribution in [3.63, 3.8) is 0 Å². The Morgan fingerprint density at radius 1 is 0.862 bits per heavy atom. The number of hydrogen-bond donors (Lipinski definition) is 2. The Labute approximate surface area is 172 Å². The maximum absolute atomic E-state index is 13.0. The number of anilines is 2. The van der Waals surface area contributed by atoms with Crippen molar-refractivity contribution in [1.82, 2.24) is 0 Å². The normalized spacial score (nSPS) is 15.7. The summed E-state index contributed by atoms with van der Waals surface area (Å²) in [4.78, 5) is 16.7. The molecule has 0 saturated carbocycles. The van der Waals surface area contributed by atoms with Crippen LogP contribution in [0, 0.1) is 0 Å². The lowest BCUT2D eigenvalue weighted by Gasteiger charge is -2.36. The molecule has 0 aliphatic carbocycles. The van der Waals surface area contributed by atoms with Gasteiger partial charge in [-0.15, -0.1) is 0 Å². The van der Waals surface area contributed by atoms with Crippen LogP contribution in [0.3, 0.4) is 0 Å². The molecule has 3 aromatic rings. The van der Waals surface area contributed by atoms with E-state index in [0.29, 0.717) is 0 Å². The molecule has 0 unspecified atom stereocenters. The molecule has 4 heteroatoms. The van der Waals surface area contributed by atoms with E-state index in [1.54, 1.807) is 0 Å². The summed E-state index contributed by atoms with van der Waals surface area (Å²) in [5.41, 5.74) is 4.30. The third-order valence-corrected chi connectivity index (χ3v) is 5.80. The largest absolute Gasteiger partial charge is 0.360 e. The number of carbonyl (C=O) groups excluding carboxylic acids is 1. The van der Waals surface area contributed by atoms with E-state index >= 15 is 0 Å². The van der Waals surface area contributed by atoms with Crippen molar-refractivity contribution in [3.8, 4) is 11.1 Å². The van der Waals surface area contributed by atoms with Crippen LogP contribution >= 0.6 is 0 Å². The molecule has 0 radical (unpaired) electrons. The van der Waals surface area contributed by atoms with Crippen LogP contribution < -0.4 is 15.1 Å². The van der Waals surface area contributed by atoms with Gasteiger partial charge in [0.25, 0.3) is 5.91 Å². The minimum absolute atomic E-state index is 0.0801. The van der Waals surface area contributed by atoms with Gasteiger partial charge in [-0.05, 0) is 30.7 Å². The second-order valence-electron chi connectivity index (χ2n) is 7.60. The lowest BCUT2D eigenvalue weighted by atomic mass is 10.0. The standard InChI is InChI=1S/C25H27N3O/c1-20(27-16-18-28(19-17-27)22-12-6-3-7-13-22)25(29)26-24-15-9-8-14-23(24)21-10-4-2-5-11-21/h2-15,20H,16-19H2,1H3,(H,26,29)/p+1/t20-/m0/s1. The zero-order chi connectivity index (χ0) is 20.1. The number of carbonyl (C=O) groups is 1. The van der Waals surface area contributed by atoms with Crippen molar-refractivity contribution in [3.05, 3.63) is 84.9 Å². The minimum atomic E-state index is -0.0863. The molecule has 1 saturated heterocycles. The Kier molecular flexibility index (Phi) is 5.92. The summed E-state index contributed by atoms with van der Waals surface area (Å²) in [5.74, 6) is 0.0801. The molecule has 0 aromatic heterocycles. The van der Waals surface area contributed by atoms with Gasteiger partial charge in [-0.1, -0.05) is 66.7 Å². The molecular formula is C25H28N3O+. The highest BCUT2D eigenvalue weighted by Gasteiger charge is 2.29. The van der Waals surface area contributed by atoms with Gasteiger partial charge in [0, 0.05) is 16.9 Å². The summed E-state index contributed by atoms with van der Waals surface area (Å²) in [5, 5.41) is 3.18. The van der Waals surface area contributed by atoms with Crippen molar-refractivity contribution in [1.29, 1.82) is 0 Å². The number of quaternary nitrogens is 1. The number of benzene rings is 3. The summed E-state index contributed by atoms with van der Waals surface area (Å²) in [6.07, 6.45) is 0. The number of nitrogens with zero attached hydrogens (tertiary/aromatic N) is 1. The molecule has 2 N–H and O–H groups in total. The smallest absolute Gasteiger partial charge is 0.282 e. The zero-order valence-corrected chi connectivity index (χ0v) is 16.8. The minimum Gasteiger partial charge on any atom is -0.360 e. The molecule has 148 valence electrons. The van der Waals surface area contributed by atoms with E-state index in [1.165, 1.54) is 10.6 Å². The van der Waals surface area contributed by atoms with Crippen molar-refractivity contribution >= 4 is 17.3 Å². The van der Waals surface area contributed by atoms with Crippen LogP contribution in [0.15, 0.2) is 84.9 Å². The zero-order valence-electron chi connectivity index (χ0n) is 16.8. The van der Waals surface area contributed by atoms with Crippen molar-refractivity contribution in [2.75, 3.05) is 36.4 Å². The fraction of sp³-hybridized carbons (Fsp3) is 0.240. The van der Waals surface area contributed by atoms with Gasteiger partial charge in [-0.25, -0.2) is 0 Å². The van der Waals surface area contributed by atoms with E-state index in [1.807, 2.05) is 49.4 Å². The number of amides is 1. The average Bonchev–Trinajstić information content (AvgIpc) is 2.80. The van der Waals surface area contributed by atoms with Gasteiger partial charge in [0.15, 0.2) is 6.04 Å². The topological polar surface area (TPSA) is 36.8 Å². The molecular weight excluding hydrogens is 358 g/mol. The van der Waals surface area contributed by atoms with E-state index in [0.717, 1.165) is 43.0 Å². The second kappa shape index (κ2) is 8.93. The summed E-state index contributed by atoms with van der Waals surface area (Å²) in [6.45, 7) is 5.90. The van der Waals surface area contributed by atoms with E-state index in [9.17, 15) is 4.79 Å². The Balaban J connectivity index is 1.40. The number of nitrogens with one attached hydrogen (secondary N) is 2. The Morgan fingerprint density at radius 3 is 2.14 bits per heavy atom. The maximum atomic E-state index is 13.0. The second-order valence-corrected chi connectivity index (χ2v) is 7.60. The highest BCUT2D eigenvalue weighted by Crippen LogP contribution is 2.27. The van der Waals surface area contributed by atoms with Crippen molar-refractivity contribution < 1.29 is 9.69 Å². The fourth-order valence-electron chi connectivity index (χ4n) is 4.01. The van der Waals surface area contributed by atoms with Gasteiger partial charge >= 0.3 is 0 Å². The lowest BCUT2D eigenvalue weighted by molar-refractivity contribution is -0.914. The molecule has 1 fully saturated rings. The molecule has 1 aliphatic rings. The van der Waals surface area contributed by atoms with Gasteiger partial charge in [-0.3, -0.25) is 4.79 Å². The Hall–Kier alpha value is -3.11. The molecule has 29 heavy (non-hydrogen) atoms. The first-order valence-electron chi connectivity index (χ1n) is 10.3. The third kappa shape index (κ3) is 4.49. The Morgan fingerprint density at radius 2 is 1.45 bits per heavy atom.